The Morgan fingerprint density at radius 3 is 2.18 bits per heavy atom. The number of alkyl carbamates (subject to hydrolysis) is 1. The molecule has 1 aromatic carbocycles. The predicted octanol–water partition coefficient (Wildman–Crippen LogP) is 3.63. The molecule has 0 atom stereocenters. The molecule has 0 unspecified atom stereocenters. The zero-order valence-electron chi connectivity index (χ0n) is 16.2. The molecule has 1 aliphatic heterocycles. The van der Waals surface area contributed by atoms with E-state index in [0.717, 1.165) is 12.1 Å². The van der Waals surface area contributed by atoms with Gasteiger partial charge in [0.1, 0.15) is 5.60 Å². The van der Waals surface area contributed by atoms with Gasteiger partial charge in [0.25, 0.3) is 0 Å². The van der Waals surface area contributed by atoms with Gasteiger partial charge in [0.15, 0.2) is 0 Å². The van der Waals surface area contributed by atoms with Crippen LogP contribution in [0.1, 0.15) is 39.2 Å². The van der Waals surface area contributed by atoms with Gasteiger partial charge in [-0.3, -0.25) is 9.69 Å². The number of benzene rings is 1. The number of nitrogens with zero attached hydrogens (tertiary/aromatic N) is 1. The smallest absolute Gasteiger partial charge is 0.416 e. The molecule has 0 aromatic heterocycles. The average molecular weight is 401 g/mol. The fourth-order valence-electron chi connectivity index (χ4n) is 2.86. The van der Waals surface area contributed by atoms with E-state index in [0.29, 0.717) is 31.6 Å². The van der Waals surface area contributed by atoms with Gasteiger partial charge < -0.3 is 15.4 Å². The topological polar surface area (TPSA) is 70.7 Å². The number of ether oxygens (including phenoxy) is 1. The minimum atomic E-state index is -4.40. The third-order valence-corrected chi connectivity index (χ3v) is 4.17. The van der Waals surface area contributed by atoms with Gasteiger partial charge in [-0.2, -0.15) is 13.2 Å². The van der Waals surface area contributed by atoms with Gasteiger partial charge in [-0.15, -0.1) is 0 Å². The SMILES string of the molecule is CC(C)(C)OC(=O)NC1CCN(CC(=O)Nc2ccc(C(F)(F)F)cc2)CC1. The number of piperidine rings is 1. The van der Waals surface area contributed by atoms with Crippen molar-refractivity contribution in [3.63, 3.8) is 0 Å². The van der Waals surface area contributed by atoms with Crippen molar-refractivity contribution in [2.75, 3.05) is 25.0 Å². The lowest BCUT2D eigenvalue weighted by molar-refractivity contribution is -0.137. The first kappa shape index (κ1) is 22.0. The first-order valence-corrected chi connectivity index (χ1v) is 9.11. The summed E-state index contributed by atoms with van der Waals surface area (Å²) in [5.74, 6) is -0.293. The second kappa shape index (κ2) is 8.81. The van der Waals surface area contributed by atoms with E-state index < -0.39 is 23.4 Å². The Kier molecular flexibility index (Phi) is 6.92. The second-order valence-corrected chi connectivity index (χ2v) is 7.82. The van der Waals surface area contributed by atoms with Crippen LogP contribution >= 0.6 is 0 Å². The van der Waals surface area contributed by atoms with Crippen molar-refractivity contribution in [1.82, 2.24) is 10.2 Å². The summed E-state index contributed by atoms with van der Waals surface area (Å²) >= 11 is 0. The van der Waals surface area contributed by atoms with Gasteiger partial charge in [-0.25, -0.2) is 4.79 Å². The Hall–Kier alpha value is -2.29. The van der Waals surface area contributed by atoms with Crippen LogP contribution in [0, 0.1) is 0 Å². The number of likely N-dealkylation sites (tertiary alicyclic amines) is 1. The number of alkyl halides is 3. The first-order valence-electron chi connectivity index (χ1n) is 9.11. The number of rotatable bonds is 4. The zero-order valence-corrected chi connectivity index (χ0v) is 16.2. The molecule has 1 heterocycles. The van der Waals surface area contributed by atoms with Gasteiger partial charge in [0, 0.05) is 24.8 Å². The van der Waals surface area contributed by atoms with Crippen molar-refractivity contribution in [3.8, 4) is 0 Å². The Bertz CT molecular complexity index is 676. The third kappa shape index (κ3) is 7.38. The molecule has 0 aliphatic carbocycles. The Labute approximate surface area is 162 Å². The van der Waals surface area contributed by atoms with Gasteiger partial charge in [0.05, 0.1) is 12.1 Å². The fourth-order valence-corrected chi connectivity index (χ4v) is 2.86. The molecule has 0 bridgehead atoms. The minimum Gasteiger partial charge on any atom is -0.444 e. The maximum atomic E-state index is 12.6. The molecule has 0 radical (unpaired) electrons. The lowest BCUT2D eigenvalue weighted by Crippen LogP contribution is -2.47. The first-order chi connectivity index (χ1) is 12.9. The summed E-state index contributed by atoms with van der Waals surface area (Å²) in [4.78, 5) is 25.8. The molecule has 0 saturated carbocycles. The largest absolute Gasteiger partial charge is 0.444 e. The molecule has 1 fully saturated rings. The van der Waals surface area contributed by atoms with E-state index in [-0.39, 0.29) is 18.5 Å². The number of carbonyl (C=O) groups excluding carboxylic acids is 2. The predicted molar refractivity (Wildman–Crippen MR) is 98.9 cm³/mol. The summed E-state index contributed by atoms with van der Waals surface area (Å²) in [6.45, 7) is 6.78. The van der Waals surface area contributed by atoms with E-state index in [2.05, 4.69) is 10.6 Å². The lowest BCUT2D eigenvalue weighted by Gasteiger charge is -2.32. The number of carbonyl (C=O) groups is 2. The van der Waals surface area contributed by atoms with Crippen LogP contribution in [-0.2, 0) is 15.7 Å². The van der Waals surface area contributed by atoms with Crippen LogP contribution in [0.25, 0.3) is 0 Å². The van der Waals surface area contributed by atoms with Crippen LogP contribution in [0.15, 0.2) is 24.3 Å². The van der Waals surface area contributed by atoms with Crippen LogP contribution < -0.4 is 10.6 Å². The van der Waals surface area contributed by atoms with Crippen LogP contribution in [0.3, 0.4) is 0 Å². The highest BCUT2D eigenvalue weighted by Crippen LogP contribution is 2.29. The summed E-state index contributed by atoms with van der Waals surface area (Å²) in [5, 5.41) is 5.43. The maximum absolute atomic E-state index is 12.6. The van der Waals surface area contributed by atoms with Crippen molar-refractivity contribution in [3.05, 3.63) is 29.8 Å². The van der Waals surface area contributed by atoms with E-state index in [1.54, 1.807) is 20.8 Å². The molecule has 2 N–H and O–H groups in total. The minimum absolute atomic E-state index is 0.0101. The molecule has 2 amide bonds. The standard InChI is InChI=1S/C19H26F3N3O3/c1-18(2,3)28-17(27)24-15-8-10-25(11-9-15)12-16(26)23-14-6-4-13(5-7-14)19(20,21)22/h4-7,15H,8-12H2,1-3H3,(H,23,26)(H,24,27). The number of amides is 2. The number of nitrogens with one attached hydrogen (secondary N) is 2. The number of anilines is 1. The Balaban J connectivity index is 1.74. The molecule has 2 rings (SSSR count). The molecule has 6 nitrogen and oxygen atoms in total. The summed E-state index contributed by atoms with van der Waals surface area (Å²) < 4.78 is 42.9. The molecule has 9 heteroatoms. The van der Waals surface area contributed by atoms with E-state index in [1.807, 2.05) is 4.90 Å². The maximum Gasteiger partial charge on any atom is 0.416 e. The van der Waals surface area contributed by atoms with E-state index in [1.165, 1.54) is 12.1 Å². The van der Waals surface area contributed by atoms with Gasteiger partial charge >= 0.3 is 12.3 Å². The quantitative estimate of drug-likeness (QED) is 0.808. The number of halogens is 3. The highest BCUT2D eigenvalue weighted by molar-refractivity contribution is 5.92. The van der Waals surface area contributed by atoms with Crippen molar-refractivity contribution >= 4 is 17.7 Å². The molecule has 0 spiro atoms. The van der Waals surface area contributed by atoms with Gasteiger partial charge in [-0.05, 0) is 57.9 Å². The summed E-state index contributed by atoms with van der Waals surface area (Å²) in [5.41, 5.74) is -0.995. The van der Waals surface area contributed by atoms with Crippen molar-refractivity contribution in [1.29, 1.82) is 0 Å². The number of hydrogen-bond acceptors (Lipinski definition) is 4. The average Bonchev–Trinajstić information content (AvgIpc) is 2.54. The van der Waals surface area contributed by atoms with Gasteiger partial charge in [-0.1, -0.05) is 0 Å². The number of hydrogen-bond donors (Lipinski definition) is 2. The Morgan fingerprint density at radius 2 is 1.68 bits per heavy atom. The van der Waals surface area contributed by atoms with Crippen molar-refractivity contribution < 1.29 is 27.5 Å². The Morgan fingerprint density at radius 1 is 1.11 bits per heavy atom. The van der Waals surface area contributed by atoms with E-state index in [9.17, 15) is 22.8 Å². The van der Waals surface area contributed by atoms with Crippen LogP contribution in [0.2, 0.25) is 0 Å². The summed E-state index contributed by atoms with van der Waals surface area (Å²) in [6, 6.07) is 4.33. The van der Waals surface area contributed by atoms with E-state index in [4.69, 9.17) is 4.74 Å². The fraction of sp³-hybridized carbons (Fsp3) is 0.579. The zero-order chi connectivity index (χ0) is 20.9. The third-order valence-electron chi connectivity index (χ3n) is 4.17. The lowest BCUT2D eigenvalue weighted by atomic mass is 10.1. The normalized spacial score (nSPS) is 16.5. The molecular weight excluding hydrogens is 375 g/mol. The van der Waals surface area contributed by atoms with E-state index >= 15 is 0 Å². The van der Waals surface area contributed by atoms with Crippen molar-refractivity contribution in [2.45, 2.75) is 51.4 Å². The van der Waals surface area contributed by atoms with Crippen molar-refractivity contribution in [2.24, 2.45) is 0 Å². The summed E-state index contributed by atoms with van der Waals surface area (Å²) in [7, 11) is 0. The van der Waals surface area contributed by atoms with Gasteiger partial charge in [0.2, 0.25) is 5.91 Å². The van der Waals surface area contributed by atoms with Crippen LogP contribution in [0.4, 0.5) is 23.7 Å². The highest BCUT2D eigenvalue weighted by atomic mass is 19.4. The molecule has 1 aliphatic rings. The second-order valence-electron chi connectivity index (χ2n) is 7.82. The molecule has 1 aromatic rings. The molecule has 156 valence electrons. The van der Waals surface area contributed by atoms with Crippen LogP contribution in [0.5, 0.6) is 0 Å². The molecule has 1 saturated heterocycles. The monoisotopic (exact) mass is 401 g/mol. The molecular formula is C19H26F3N3O3. The highest BCUT2D eigenvalue weighted by Gasteiger charge is 2.30. The van der Waals surface area contributed by atoms with Crippen LogP contribution in [-0.4, -0.2) is 48.2 Å². The summed E-state index contributed by atoms with van der Waals surface area (Å²) in [6.07, 6.45) is -3.48. The molecule has 28 heavy (non-hydrogen) atoms.